The van der Waals surface area contributed by atoms with Gasteiger partial charge in [-0.15, -0.1) is 0 Å². The molecule has 0 aliphatic rings. The van der Waals surface area contributed by atoms with E-state index in [9.17, 15) is 9.18 Å². The fraction of sp³-hybridized carbons (Fsp3) is 0. The summed E-state index contributed by atoms with van der Waals surface area (Å²) < 4.78 is 12.8. The van der Waals surface area contributed by atoms with Crippen molar-refractivity contribution in [3.05, 3.63) is 42.4 Å². The number of hydrogen-bond donors (Lipinski definition) is 2. The highest BCUT2D eigenvalue weighted by atomic mass is 19.1. The first kappa shape index (κ1) is 10.9. The summed E-state index contributed by atoms with van der Waals surface area (Å²) in [5.74, 6) is -0.829. The van der Waals surface area contributed by atoms with Gasteiger partial charge in [0.1, 0.15) is 17.3 Å². The zero-order valence-electron chi connectivity index (χ0n) is 8.59. The van der Waals surface area contributed by atoms with Crippen LogP contribution in [0.2, 0.25) is 0 Å². The van der Waals surface area contributed by atoms with Crippen LogP contribution in [0.4, 0.5) is 15.9 Å². The van der Waals surface area contributed by atoms with Gasteiger partial charge in [-0.1, -0.05) is 0 Å². The molecule has 0 fully saturated rings. The van der Waals surface area contributed by atoms with E-state index in [1.165, 1.54) is 18.6 Å². The Bertz CT molecular complexity index is 543. The molecule has 0 aromatic carbocycles. The van der Waals surface area contributed by atoms with Gasteiger partial charge in [-0.2, -0.15) is 0 Å². The van der Waals surface area contributed by atoms with Gasteiger partial charge in [0.05, 0.1) is 30.5 Å². The number of nitrogens with two attached hydrogens (primary N) is 1. The number of halogens is 1. The lowest BCUT2D eigenvalue weighted by molar-refractivity contribution is 0.102. The average Bonchev–Trinajstić information content (AvgIpc) is 2.29. The Morgan fingerprint density at radius 2 is 2.06 bits per heavy atom. The Hall–Kier alpha value is -2.57. The molecular weight excluding hydrogens is 225 g/mol. The van der Waals surface area contributed by atoms with Crippen molar-refractivity contribution >= 4 is 17.4 Å². The second-order valence-electron chi connectivity index (χ2n) is 3.17. The van der Waals surface area contributed by atoms with E-state index in [-0.39, 0.29) is 17.2 Å². The Morgan fingerprint density at radius 3 is 2.71 bits per heavy atom. The number of nitrogens with zero attached hydrogens (tertiary/aromatic N) is 3. The quantitative estimate of drug-likeness (QED) is 0.801. The number of amides is 1. The molecule has 7 heteroatoms. The molecule has 17 heavy (non-hydrogen) atoms. The standard InChI is InChI=1S/C10H8FN5O/c11-6-1-7(3-13-2-6)16-10(17)8-4-15-9(12)5-14-8/h1-5H,(H2,12,15)(H,16,17). The third kappa shape index (κ3) is 2.71. The molecule has 0 atom stereocenters. The third-order valence-electron chi connectivity index (χ3n) is 1.87. The Balaban J connectivity index is 2.14. The number of rotatable bonds is 2. The van der Waals surface area contributed by atoms with Crippen molar-refractivity contribution in [2.24, 2.45) is 0 Å². The molecule has 2 heterocycles. The number of nitrogen functional groups attached to an aromatic ring is 1. The van der Waals surface area contributed by atoms with Crippen molar-refractivity contribution in [3.63, 3.8) is 0 Å². The highest BCUT2D eigenvalue weighted by Crippen LogP contribution is 2.08. The summed E-state index contributed by atoms with van der Waals surface area (Å²) in [5, 5.41) is 2.43. The van der Waals surface area contributed by atoms with Crippen LogP contribution in [0.5, 0.6) is 0 Å². The van der Waals surface area contributed by atoms with E-state index in [1.54, 1.807) is 0 Å². The Morgan fingerprint density at radius 1 is 1.24 bits per heavy atom. The van der Waals surface area contributed by atoms with E-state index in [0.717, 1.165) is 12.3 Å². The maximum Gasteiger partial charge on any atom is 0.275 e. The zero-order chi connectivity index (χ0) is 12.3. The second-order valence-corrected chi connectivity index (χ2v) is 3.17. The van der Waals surface area contributed by atoms with Gasteiger partial charge in [-0.05, 0) is 0 Å². The first-order valence-corrected chi connectivity index (χ1v) is 4.64. The van der Waals surface area contributed by atoms with E-state index in [4.69, 9.17) is 5.73 Å². The lowest BCUT2D eigenvalue weighted by Gasteiger charge is -2.03. The average molecular weight is 233 g/mol. The zero-order valence-corrected chi connectivity index (χ0v) is 8.59. The molecular formula is C10H8FN5O. The number of pyridine rings is 1. The number of hydrogen-bond acceptors (Lipinski definition) is 5. The van der Waals surface area contributed by atoms with Gasteiger partial charge in [-0.25, -0.2) is 14.4 Å². The van der Waals surface area contributed by atoms with Gasteiger partial charge in [0.15, 0.2) is 0 Å². The van der Waals surface area contributed by atoms with Crippen LogP contribution in [-0.2, 0) is 0 Å². The molecule has 0 saturated carbocycles. The smallest absolute Gasteiger partial charge is 0.275 e. The van der Waals surface area contributed by atoms with Crippen molar-refractivity contribution in [2.75, 3.05) is 11.1 Å². The highest BCUT2D eigenvalue weighted by Gasteiger charge is 2.08. The molecule has 2 rings (SSSR count). The lowest BCUT2D eigenvalue weighted by atomic mass is 10.3. The van der Waals surface area contributed by atoms with E-state index < -0.39 is 11.7 Å². The van der Waals surface area contributed by atoms with Crippen LogP contribution >= 0.6 is 0 Å². The molecule has 3 N–H and O–H groups in total. The predicted octanol–water partition coefficient (Wildman–Crippen LogP) is 0.845. The van der Waals surface area contributed by atoms with E-state index in [2.05, 4.69) is 20.3 Å². The van der Waals surface area contributed by atoms with Crippen molar-refractivity contribution < 1.29 is 9.18 Å². The number of carbonyl (C=O) groups is 1. The molecule has 2 aromatic heterocycles. The van der Waals surface area contributed by atoms with Crippen molar-refractivity contribution in [1.29, 1.82) is 0 Å². The number of aromatic nitrogens is 3. The van der Waals surface area contributed by atoms with Crippen LogP contribution in [0.1, 0.15) is 10.5 Å². The minimum absolute atomic E-state index is 0.0865. The van der Waals surface area contributed by atoms with Crippen LogP contribution in [0.25, 0.3) is 0 Å². The Kier molecular flexibility index (Phi) is 2.91. The SMILES string of the molecule is Nc1cnc(C(=O)Nc2cncc(F)c2)cn1. The molecule has 0 bridgehead atoms. The summed E-state index contributed by atoms with van der Waals surface area (Å²) >= 11 is 0. The van der Waals surface area contributed by atoms with Gasteiger partial charge >= 0.3 is 0 Å². The van der Waals surface area contributed by atoms with Crippen molar-refractivity contribution in [2.45, 2.75) is 0 Å². The molecule has 0 aliphatic heterocycles. The fourth-order valence-corrected chi connectivity index (χ4v) is 1.13. The summed E-state index contributed by atoms with van der Waals surface area (Å²) in [6, 6.07) is 1.15. The fourth-order valence-electron chi connectivity index (χ4n) is 1.13. The van der Waals surface area contributed by atoms with Crippen LogP contribution in [-0.4, -0.2) is 20.9 Å². The van der Waals surface area contributed by atoms with E-state index in [0.29, 0.717) is 0 Å². The first-order valence-electron chi connectivity index (χ1n) is 4.64. The van der Waals surface area contributed by atoms with E-state index >= 15 is 0 Å². The molecule has 1 amide bonds. The summed E-state index contributed by atoms with van der Waals surface area (Å²) in [4.78, 5) is 22.7. The molecule has 0 aliphatic carbocycles. The van der Waals surface area contributed by atoms with Crippen LogP contribution in [0.3, 0.4) is 0 Å². The number of anilines is 2. The van der Waals surface area contributed by atoms with Crippen LogP contribution in [0.15, 0.2) is 30.9 Å². The maximum absolute atomic E-state index is 12.8. The normalized spacial score (nSPS) is 9.94. The summed E-state index contributed by atoms with van der Waals surface area (Å²) in [5.41, 5.74) is 5.66. The molecule has 6 nitrogen and oxygen atoms in total. The van der Waals surface area contributed by atoms with Gasteiger partial charge in [0, 0.05) is 6.07 Å². The second kappa shape index (κ2) is 4.52. The number of nitrogens with one attached hydrogen (secondary N) is 1. The maximum atomic E-state index is 12.8. The third-order valence-corrected chi connectivity index (χ3v) is 1.87. The van der Waals surface area contributed by atoms with Gasteiger partial charge in [0.2, 0.25) is 0 Å². The van der Waals surface area contributed by atoms with Crippen molar-refractivity contribution in [3.8, 4) is 0 Å². The van der Waals surface area contributed by atoms with Gasteiger partial charge in [0.25, 0.3) is 5.91 Å². The summed E-state index contributed by atoms with van der Waals surface area (Å²) in [6.45, 7) is 0. The highest BCUT2D eigenvalue weighted by molar-refractivity contribution is 6.02. The molecule has 2 aromatic rings. The topological polar surface area (TPSA) is 93.8 Å². The first-order chi connectivity index (χ1) is 8.15. The lowest BCUT2D eigenvalue weighted by Crippen LogP contribution is -2.14. The summed E-state index contributed by atoms with van der Waals surface area (Å²) in [7, 11) is 0. The van der Waals surface area contributed by atoms with E-state index in [1.807, 2.05) is 0 Å². The molecule has 0 spiro atoms. The molecule has 0 radical (unpaired) electrons. The van der Waals surface area contributed by atoms with Crippen molar-refractivity contribution in [1.82, 2.24) is 15.0 Å². The van der Waals surface area contributed by atoms with Gasteiger partial charge < -0.3 is 11.1 Å². The van der Waals surface area contributed by atoms with Crippen LogP contribution < -0.4 is 11.1 Å². The van der Waals surface area contributed by atoms with Crippen LogP contribution in [0, 0.1) is 5.82 Å². The number of carbonyl (C=O) groups excluding carboxylic acids is 1. The largest absolute Gasteiger partial charge is 0.382 e. The molecule has 86 valence electrons. The Labute approximate surface area is 95.7 Å². The monoisotopic (exact) mass is 233 g/mol. The summed E-state index contributed by atoms with van der Waals surface area (Å²) in [6.07, 6.45) is 4.86. The molecule has 0 unspecified atom stereocenters. The molecule has 0 saturated heterocycles. The minimum Gasteiger partial charge on any atom is -0.382 e. The van der Waals surface area contributed by atoms with Gasteiger partial charge in [-0.3, -0.25) is 9.78 Å². The predicted molar refractivity (Wildman–Crippen MR) is 58.6 cm³/mol. The minimum atomic E-state index is -0.536.